The van der Waals surface area contributed by atoms with Gasteiger partial charge in [-0.15, -0.1) is 0 Å². The summed E-state index contributed by atoms with van der Waals surface area (Å²) in [5.74, 6) is -0.0875. The molecule has 2 atom stereocenters. The number of carbonyl (C=O) groups excluding carboxylic acids is 1. The first-order valence-corrected chi connectivity index (χ1v) is 25.4. The van der Waals surface area contributed by atoms with E-state index in [2.05, 4.69) is 55.6 Å². The molecule has 4 nitrogen and oxygen atoms in total. The number of carbonyl (C=O) groups is 1. The minimum Gasteiger partial charge on any atom is -0.394 e. The number of unbranched alkanes of at least 4 members (excludes halogenated alkanes) is 33. The van der Waals surface area contributed by atoms with Crippen molar-refractivity contribution in [2.45, 2.75) is 276 Å². The minimum absolute atomic E-state index is 0.0875. The third kappa shape index (κ3) is 45.3. The Bertz CT molecular complexity index is 908. The Hall–Kier alpha value is -1.65. The number of aliphatic hydroxyl groups is 2. The number of rotatable bonds is 46. The molecule has 0 aliphatic rings. The molecule has 0 aromatic rings. The molecule has 3 N–H and O–H groups in total. The number of hydrogen-bond acceptors (Lipinski definition) is 3. The highest BCUT2D eigenvalue weighted by molar-refractivity contribution is 5.76. The number of aliphatic hydroxyl groups excluding tert-OH is 2. The molecule has 0 aliphatic heterocycles. The van der Waals surface area contributed by atoms with Crippen molar-refractivity contribution < 1.29 is 15.0 Å². The molecule has 1 amide bonds. The zero-order valence-electron chi connectivity index (χ0n) is 38.4. The van der Waals surface area contributed by atoms with Crippen LogP contribution in [-0.2, 0) is 4.79 Å². The summed E-state index contributed by atoms with van der Waals surface area (Å²) in [6.45, 7) is 4.28. The number of hydrogen-bond donors (Lipinski definition) is 3. The topological polar surface area (TPSA) is 69.6 Å². The summed E-state index contributed by atoms with van der Waals surface area (Å²) in [6.07, 6.45) is 66.9. The molecule has 0 heterocycles. The summed E-state index contributed by atoms with van der Waals surface area (Å²) in [4.78, 5) is 12.4. The van der Waals surface area contributed by atoms with E-state index >= 15 is 0 Å². The number of amides is 1. The quantitative estimate of drug-likeness (QED) is 0.0424. The molecule has 0 saturated carbocycles. The predicted octanol–water partition coefficient (Wildman–Crippen LogP) is 16.3. The van der Waals surface area contributed by atoms with Crippen LogP contribution in [-0.4, -0.2) is 34.9 Å². The fourth-order valence-electron chi connectivity index (χ4n) is 7.62. The van der Waals surface area contributed by atoms with Gasteiger partial charge in [-0.25, -0.2) is 0 Å². The lowest BCUT2D eigenvalue weighted by molar-refractivity contribution is -0.123. The highest BCUT2D eigenvalue weighted by Crippen LogP contribution is 2.16. The van der Waals surface area contributed by atoms with Crippen LogP contribution in [0.15, 0.2) is 48.6 Å². The zero-order chi connectivity index (χ0) is 41.4. The van der Waals surface area contributed by atoms with Crippen LogP contribution in [0.3, 0.4) is 0 Å². The summed E-state index contributed by atoms with van der Waals surface area (Å²) >= 11 is 0. The normalized spacial score (nSPS) is 13.3. The van der Waals surface area contributed by atoms with E-state index in [1.807, 2.05) is 6.08 Å². The second-order valence-electron chi connectivity index (χ2n) is 17.2. The SMILES string of the molecule is CCCCCC/C=C\CCCCCCCC(=O)NC(CO)C(O)/C=C/CC/C=C/CC/C=C/CCCCCCCCCCCCCCCCCCCCCCCC. The first-order valence-electron chi connectivity index (χ1n) is 25.4. The molecule has 0 spiro atoms. The smallest absolute Gasteiger partial charge is 0.220 e. The average molecular weight is 798 g/mol. The van der Waals surface area contributed by atoms with Crippen LogP contribution in [0.1, 0.15) is 264 Å². The first-order chi connectivity index (χ1) is 28.2. The Balaban J connectivity index is 3.54. The summed E-state index contributed by atoms with van der Waals surface area (Å²) in [6, 6.07) is -0.650. The second kappa shape index (κ2) is 48.7. The summed E-state index contributed by atoms with van der Waals surface area (Å²) in [5.41, 5.74) is 0. The van der Waals surface area contributed by atoms with Crippen molar-refractivity contribution in [3.63, 3.8) is 0 Å². The molecular formula is C53H99NO3. The maximum atomic E-state index is 12.4. The van der Waals surface area contributed by atoms with Gasteiger partial charge in [-0.3, -0.25) is 4.79 Å². The minimum atomic E-state index is -0.874. The van der Waals surface area contributed by atoms with Crippen molar-refractivity contribution in [1.82, 2.24) is 5.32 Å². The summed E-state index contributed by atoms with van der Waals surface area (Å²) in [5, 5.41) is 23.0. The molecular weight excluding hydrogens is 699 g/mol. The molecule has 0 bridgehead atoms. The van der Waals surface area contributed by atoms with E-state index in [9.17, 15) is 15.0 Å². The van der Waals surface area contributed by atoms with E-state index < -0.39 is 12.1 Å². The van der Waals surface area contributed by atoms with E-state index in [1.54, 1.807) is 6.08 Å². The predicted molar refractivity (Wildman–Crippen MR) is 253 cm³/mol. The van der Waals surface area contributed by atoms with E-state index in [-0.39, 0.29) is 12.5 Å². The summed E-state index contributed by atoms with van der Waals surface area (Å²) < 4.78 is 0. The van der Waals surface area contributed by atoms with Crippen molar-refractivity contribution in [3.05, 3.63) is 48.6 Å². The van der Waals surface area contributed by atoms with Gasteiger partial charge in [-0.2, -0.15) is 0 Å². The van der Waals surface area contributed by atoms with Gasteiger partial charge in [0.15, 0.2) is 0 Å². The maximum Gasteiger partial charge on any atom is 0.220 e. The fourth-order valence-corrected chi connectivity index (χ4v) is 7.62. The van der Waals surface area contributed by atoms with Crippen molar-refractivity contribution >= 4 is 5.91 Å². The van der Waals surface area contributed by atoms with Gasteiger partial charge in [0.2, 0.25) is 5.91 Å². The zero-order valence-corrected chi connectivity index (χ0v) is 38.4. The van der Waals surface area contributed by atoms with Crippen LogP contribution in [0.4, 0.5) is 0 Å². The number of allylic oxidation sites excluding steroid dienone is 7. The van der Waals surface area contributed by atoms with Crippen molar-refractivity contribution in [3.8, 4) is 0 Å². The van der Waals surface area contributed by atoms with Gasteiger partial charge in [-0.1, -0.05) is 236 Å². The lowest BCUT2D eigenvalue weighted by Gasteiger charge is -2.19. The van der Waals surface area contributed by atoms with Gasteiger partial charge < -0.3 is 15.5 Å². The van der Waals surface area contributed by atoms with Gasteiger partial charge in [-0.05, 0) is 70.6 Å². The molecule has 0 aliphatic carbocycles. The third-order valence-electron chi connectivity index (χ3n) is 11.5. The Kier molecular flexibility index (Phi) is 47.3. The first kappa shape index (κ1) is 55.4. The molecule has 0 radical (unpaired) electrons. The highest BCUT2D eigenvalue weighted by Gasteiger charge is 2.17. The van der Waals surface area contributed by atoms with Gasteiger partial charge in [0.1, 0.15) is 0 Å². The molecule has 0 fully saturated rings. The fraction of sp³-hybridized carbons (Fsp3) is 0.830. The van der Waals surface area contributed by atoms with Crippen LogP contribution in [0.25, 0.3) is 0 Å². The van der Waals surface area contributed by atoms with Crippen LogP contribution < -0.4 is 5.32 Å². The van der Waals surface area contributed by atoms with Crippen LogP contribution in [0, 0.1) is 0 Å². The molecule has 0 aromatic carbocycles. The Morgan fingerprint density at radius 3 is 1.04 bits per heavy atom. The maximum absolute atomic E-state index is 12.4. The van der Waals surface area contributed by atoms with E-state index in [1.165, 1.54) is 193 Å². The van der Waals surface area contributed by atoms with Crippen LogP contribution in [0.2, 0.25) is 0 Å². The third-order valence-corrected chi connectivity index (χ3v) is 11.5. The van der Waals surface area contributed by atoms with Crippen molar-refractivity contribution in [1.29, 1.82) is 0 Å². The lowest BCUT2D eigenvalue weighted by Crippen LogP contribution is -2.45. The van der Waals surface area contributed by atoms with Gasteiger partial charge >= 0.3 is 0 Å². The molecule has 0 aromatic heterocycles. The Morgan fingerprint density at radius 2 is 0.684 bits per heavy atom. The summed E-state index contributed by atoms with van der Waals surface area (Å²) in [7, 11) is 0. The van der Waals surface area contributed by atoms with E-state index in [0.29, 0.717) is 6.42 Å². The molecule has 57 heavy (non-hydrogen) atoms. The van der Waals surface area contributed by atoms with Gasteiger partial charge in [0.05, 0.1) is 18.8 Å². The second-order valence-corrected chi connectivity index (χ2v) is 17.2. The lowest BCUT2D eigenvalue weighted by atomic mass is 10.0. The Labute approximate surface area is 356 Å². The van der Waals surface area contributed by atoms with Crippen LogP contribution >= 0.6 is 0 Å². The van der Waals surface area contributed by atoms with E-state index in [0.717, 1.165) is 51.4 Å². The molecule has 4 heteroatoms. The molecule has 2 unspecified atom stereocenters. The van der Waals surface area contributed by atoms with Crippen LogP contribution in [0.5, 0.6) is 0 Å². The standard InChI is InChI=1S/C53H99NO3/c1-3-5-7-9-11-13-15-17-18-19-20-21-22-23-24-25-26-27-28-29-30-31-32-33-34-35-37-38-40-42-44-46-48-52(56)51(50-55)54-53(57)49-47-45-43-41-39-36-16-14-12-10-8-6-4-2/h14,16,33-34,38,40,46,48,51-52,55-56H,3-13,15,17-32,35-37,39,41-45,47,49-50H2,1-2H3,(H,54,57)/b16-14-,34-33+,40-38+,48-46+. The molecule has 0 saturated heterocycles. The number of nitrogens with one attached hydrogen (secondary N) is 1. The highest BCUT2D eigenvalue weighted by atomic mass is 16.3. The monoisotopic (exact) mass is 798 g/mol. The Morgan fingerprint density at radius 1 is 0.404 bits per heavy atom. The molecule has 334 valence electrons. The molecule has 0 rings (SSSR count). The largest absolute Gasteiger partial charge is 0.394 e. The van der Waals surface area contributed by atoms with Crippen molar-refractivity contribution in [2.24, 2.45) is 0 Å². The van der Waals surface area contributed by atoms with Crippen molar-refractivity contribution in [2.75, 3.05) is 6.61 Å². The van der Waals surface area contributed by atoms with Gasteiger partial charge in [0.25, 0.3) is 0 Å². The average Bonchev–Trinajstić information content (AvgIpc) is 3.22. The van der Waals surface area contributed by atoms with Gasteiger partial charge in [0, 0.05) is 6.42 Å². The van der Waals surface area contributed by atoms with E-state index in [4.69, 9.17) is 0 Å².